The standard InChI is InChI=1S/FHO.5FH.O.Zr/c1-2;;;;;;;/h2H;5*1H;;. The molecule has 0 aliphatic rings. The Balaban J connectivity index is -0.00000000114. The zero-order valence-electron chi connectivity index (χ0n) is 3.77. The molecule has 0 unspecified atom stereocenters. The van der Waals surface area contributed by atoms with Gasteiger partial charge >= 0.3 is 27.5 Å². The van der Waals surface area contributed by atoms with Gasteiger partial charge < -0.3 is 0 Å². The fourth-order valence-electron chi connectivity index (χ4n) is 0. The van der Waals surface area contributed by atoms with Gasteiger partial charge in [-0.1, -0.05) is 4.53 Å². The van der Waals surface area contributed by atoms with E-state index in [9.17, 15) is 0 Å². The average molecular weight is 243 g/mol. The zero-order chi connectivity index (χ0) is 4.00. The van der Waals surface area contributed by atoms with Crippen molar-refractivity contribution in [3.63, 3.8) is 0 Å². The summed E-state index contributed by atoms with van der Waals surface area (Å²) in [5.41, 5.74) is 0. The molecule has 0 fully saturated rings. The summed E-state index contributed by atoms with van der Waals surface area (Å²) in [5.74, 6) is 0. The zero-order valence-corrected chi connectivity index (χ0v) is 6.23. The molecular weight excluding hydrogens is 237 g/mol. The van der Waals surface area contributed by atoms with Gasteiger partial charge in [-0.2, -0.15) is 0 Å². The van der Waals surface area contributed by atoms with Crippen molar-refractivity contribution in [3.05, 3.63) is 0 Å². The van der Waals surface area contributed by atoms with Crippen molar-refractivity contribution in [1.82, 2.24) is 0 Å². The Hall–Kier alpha value is 0.223. The van der Waals surface area contributed by atoms with Gasteiger partial charge in [0, 0.05) is 0 Å². The fraction of sp³-hybridized carbons (Fsp3) is 0. The molecule has 0 aromatic heterocycles. The van der Waals surface area contributed by atoms with Gasteiger partial charge in [-0.15, -0.1) is 0 Å². The van der Waals surface area contributed by atoms with E-state index in [0.29, 0.717) is 24.7 Å². The third-order valence-electron chi connectivity index (χ3n) is 0. The van der Waals surface area contributed by atoms with Crippen LogP contribution in [0.5, 0.6) is 0 Å². The van der Waals surface area contributed by atoms with Crippen LogP contribution in [0.1, 0.15) is 0 Å². The number of hydrogen-bond acceptors (Lipinski definition) is 2. The number of hydrogen-bond donors (Lipinski definition) is 1. The second-order valence-electron chi connectivity index (χ2n) is 0. The molecule has 0 saturated carbocycles. The number of rotatable bonds is 0. The first-order valence-electron chi connectivity index (χ1n) is 0.373. The van der Waals surface area contributed by atoms with E-state index in [-0.39, 0.29) is 23.5 Å². The molecule has 0 aliphatic heterocycles. The molecule has 0 aromatic rings. The summed E-state index contributed by atoms with van der Waals surface area (Å²) in [5, 5.41) is 5.50. The summed E-state index contributed by atoms with van der Waals surface area (Å²) >= 11 is 0.300. The molecule has 0 heterocycles. The summed E-state index contributed by atoms with van der Waals surface area (Å²) < 4.78 is 16.8. The van der Waals surface area contributed by atoms with E-state index in [1.165, 1.54) is 0 Å². The first kappa shape index (κ1) is 126. The van der Waals surface area contributed by atoms with E-state index < -0.39 is 0 Å². The van der Waals surface area contributed by atoms with Gasteiger partial charge in [-0.3, -0.25) is 23.5 Å². The van der Waals surface area contributed by atoms with Gasteiger partial charge in [-0.05, 0) is 0 Å². The van der Waals surface area contributed by atoms with E-state index in [2.05, 4.69) is 0 Å². The van der Waals surface area contributed by atoms with Gasteiger partial charge in [0.15, 0.2) is 0 Å². The van der Waals surface area contributed by atoms with Crippen LogP contribution in [0.3, 0.4) is 0 Å². The fourth-order valence-corrected chi connectivity index (χ4v) is 0. The first-order valence-corrected chi connectivity index (χ1v) is 1.38. The summed E-state index contributed by atoms with van der Waals surface area (Å²) in [6.07, 6.45) is 0. The Labute approximate surface area is 61.5 Å². The molecule has 9 heteroatoms. The quantitative estimate of drug-likeness (QED) is 0.629. The Kier molecular flexibility index (Phi) is 121000. The Morgan fingerprint density at radius 1 is 0.778 bits per heavy atom. The van der Waals surface area contributed by atoms with Crippen molar-refractivity contribution >= 4 is 0 Å². The predicted octanol–water partition coefficient (Wildman–Crippen LogP) is 0.504. The Bertz CT molecular complexity index is 11.0. The van der Waals surface area contributed by atoms with Crippen molar-refractivity contribution < 1.29 is 60.9 Å². The minimum absolute atomic E-state index is 0. The molecule has 9 heavy (non-hydrogen) atoms. The molecule has 0 radical (unpaired) electrons. The van der Waals surface area contributed by atoms with E-state index >= 15 is 0 Å². The molecule has 0 aliphatic carbocycles. The van der Waals surface area contributed by atoms with Crippen LogP contribution in [0.2, 0.25) is 0 Å². The topological polar surface area (TPSA) is 37.3 Å². The maximum atomic E-state index is 8.50. The van der Waals surface area contributed by atoms with Gasteiger partial charge in [0.05, 0.1) is 0 Å². The van der Waals surface area contributed by atoms with Crippen LogP contribution in [0.15, 0.2) is 0 Å². The minimum atomic E-state index is 0. The van der Waals surface area contributed by atoms with Crippen LogP contribution in [0.4, 0.5) is 28.0 Å². The van der Waals surface area contributed by atoms with Crippen LogP contribution in [0, 0.1) is 0 Å². The third-order valence-corrected chi connectivity index (χ3v) is 0. The normalized spacial score (nSPS) is 1.00. The molecule has 0 aromatic carbocycles. The van der Waals surface area contributed by atoms with Crippen molar-refractivity contribution in [1.29, 1.82) is 0 Å². The van der Waals surface area contributed by atoms with Crippen LogP contribution < -0.4 is 0 Å². The van der Waals surface area contributed by atoms with Crippen LogP contribution in [-0.2, 0) is 27.5 Å². The summed E-state index contributed by atoms with van der Waals surface area (Å²) in [6.45, 7) is 0. The van der Waals surface area contributed by atoms with E-state index in [0.717, 1.165) is 0 Å². The Morgan fingerprint density at radius 2 is 0.778 bits per heavy atom. The molecule has 0 bridgehead atoms. The predicted molar refractivity (Wildman–Crippen MR) is 16.5 cm³/mol. The summed E-state index contributed by atoms with van der Waals surface area (Å²) in [6, 6.07) is 0. The molecule has 0 atom stereocenters. The Morgan fingerprint density at radius 3 is 0.778 bits per heavy atom. The molecule has 0 rings (SSSR count). The van der Waals surface area contributed by atoms with E-state index in [4.69, 9.17) is 12.7 Å². The van der Waals surface area contributed by atoms with Crippen LogP contribution in [-0.4, -0.2) is 5.31 Å². The van der Waals surface area contributed by atoms with Gasteiger partial charge in [-0.25, -0.2) is 5.31 Å². The monoisotopic (exact) mass is 242 g/mol. The average Bonchev–Trinajstić information content (AvgIpc) is 1.50. The first-order chi connectivity index (χ1) is 2.00. The van der Waals surface area contributed by atoms with E-state index in [1.54, 1.807) is 0 Å². The van der Waals surface area contributed by atoms with Gasteiger partial charge in [0.2, 0.25) is 0 Å². The number of halogens is 6. The summed E-state index contributed by atoms with van der Waals surface area (Å²) in [7, 11) is 0. The molecule has 64 valence electrons. The van der Waals surface area contributed by atoms with Crippen LogP contribution in [0.25, 0.3) is 0 Å². The van der Waals surface area contributed by atoms with Crippen molar-refractivity contribution in [2.45, 2.75) is 0 Å². The molecule has 2 nitrogen and oxygen atoms in total. The second-order valence-corrected chi connectivity index (χ2v) is 0. The van der Waals surface area contributed by atoms with Crippen molar-refractivity contribution in [3.8, 4) is 0 Å². The summed E-state index contributed by atoms with van der Waals surface area (Å²) in [4.78, 5) is 0. The maximum absolute atomic E-state index is 8.50. The van der Waals surface area contributed by atoms with Crippen molar-refractivity contribution in [2.24, 2.45) is 0 Å². The molecule has 0 spiro atoms. The second kappa shape index (κ2) is 8620. The molecule has 0 amide bonds. The third kappa shape index (κ3) is 6400. The molecule has 0 saturated heterocycles. The van der Waals surface area contributed by atoms with Gasteiger partial charge in [0.1, 0.15) is 0 Å². The molecular formula is H6F6O2Zr. The molecule has 1 N–H and O–H groups in total. The van der Waals surface area contributed by atoms with Crippen molar-refractivity contribution in [2.75, 3.05) is 0 Å². The van der Waals surface area contributed by atoms with Gasteiger partial charge in [0.25, 0.3) is 0 Å². The van der Waals surface area contributed by atoms with Crippen LogP contribution >= 0.6 is 0 Å². The SMILES string of the molecule is F.F.F.F.F.OF.[O]=[Zr]. The van der Waals surface area contributed by atoms with E-state index in [1.807, 2.05) is 0 Å².